The lowest BCUT2D eigenvalue weighted by atomic mass is 10.1. The Bertz CT molecular complexity index is 667. The Balaban J connectivity index is 2.29. The van der Waals surface area contributed by atoms with Crippen molar-refractivity contribution >= 4 is 11.9 Å². The maximum Gasteiger partial charge on any atom is 0.387 e. The second-order valence-corrected chi connectivity index (χ2v) is 4.32. The SMILES string of the molecule is COc1cccc(/C=C/C(=O)c2ccccc2)c1OC(F)F. The van der Waals surface area contributed by atoms with Crippen LogP contribution in [0.1, 0.15) is 15.9 Å². The minimum absolute atomic E-state index is 0.0999. The quantitative estimate of drug-likeness (QED) is 0.593. The molecule has 0 saturated heterocycles. The summed E-state index contributed by atoms with van der Waals surface area (Å²) in [7, 11) is 1.36. The van der Waals surface area contributed by atoms with Gasteiger partial charge in [-0.25, -0.2) is 0 Å². The molecule has 0 aliphatic rings. The summed E-state index contributed by atoms with van der Waals surface area (Å²) in [5.41, 5.74) is 0.849. The Morgan fingerprint density at radius 3 is 2.45 bits per heavy atom. The maximum atomic E-state index is 12.5. The fourth-order valence-corrected chi connectivity index (χ4v) is 1.90. The Hall–Kier alpha value is -2.69. The molecular weight excluding hydrogens is 290 g/mol. The molecule has 5 heteroatoms. The van der Waals surface area contributed by atoms with E-state index in [2.05, 4.69) is 4.74 Å². The number of carbonyl (C=O) groups excluding carboxylic acids is 1. The number of ether oxygens (including phenoxy) is 2. The van der Waals surface area contributed by atoms with Gasteiger partial charge in [-0.05, 0) is 18.2 Å². The van der Waals surface area contributed by atoms with Crippen LogP contribution in [0.5, 0.6) is 11.5 Å². The highest BCUT2D eigenvalue weighted by atomic mass is 19.3. The van der Waals surface area contributed by atoms with Gasteiger partial charge >= 0.3 is 6.61 Å². The predicted molar refractivity (Wildman–Crippen MR) is 79.4 cm³/mol. The van der Waals surface area contributed by atoms with Crippen LogP contribution < -0.4 is 9.47 Å². The van der Waals surface area contributed by atoms with Crippen molar-refractivity contribution in [3.8, 4) is 11.5 Å². The highest BCUT2D eigenvalue weighted by Gasteiger charge is 2.14. The van der Waals surface area contributed by atoms with Crippen molar-refractivity contribution in [1.82, 2.24) is 0 Å². The van der Waals surface area contributed by atoms with Gasteiger partial charge in [-0.1, -0.05) is 42.5 Å². The normalized spacial score (nSPS) is 10.9. The van der Waals surface area contributed by atoms with E-state index in [4.69, 9.17) is 4.74 Å². The molecule has 114 valence electrons. The molecule has 0 radical (unpaired) electrons. The first-order valence-corrected chi connectivity index (χ1v) is 6.51. The zero-order chi connectivity index (χ0) is 15.9. The van der Waals surface area contributed by atoms with Crippen LogP contribution in [0.15, 0.2) is 54.6 Å². The summed E-state index contributed by atoms with van der Waals surface area (Å²) in [5.74, 6) is -0.155. The van der Waals surface area contributed by atoms with Gasteiger partial charge in [0.05, 0.1) is 7.11 Å². The van der Waals surface area contributed by atoms with Gasteiger partial charge in [0.2, 0.25) is 0 Å². The number of hydrogen-bond donors (Lipinski definition) is 0. The van der Waals surface area contributed by atoms with Crippen LogP contribution in [-0.4, -0.2) is 19.5 Å². The number of para-hydroxylation sites is 1. The summed E-state index contributed by atoms with van der Waals surface area (Å²) in [4.78, 5) is 12.0. The molecule has 0 aliphatic carbocycles. The van der Waals surface area contributed by atoms with E-state index >= 15 is 0 Å². The molecule has 2 rings (SSSR count). The minimum Gasteiger partial charge on any atom is -0.493 e. The van der Waals surface area contributed by atoms with Gasteiger partial charge in [-0.2, -0.15) is 8.78 Å². The van der Waals surface area contributed by atoms with Gasteiger partial charge in [0.15, 0.2) is 17.3 Å². The third kappa shape index (κ3) is 3.91. The average molecular weight is 304 g/mol. The Morgan fingerprint density at radius 1 is 1.09 bits per heavy atom. The first-order chi connectivity index (χ1) is 10.6. The molecule has 0 amide bonds. The molecule has 0 N–H and O–H groups in total. The molecule has 0 aromatic heterocycles. The second kappa shape index (κ2) is 7.36. The van der Waals surface area contributed by atoms with Crippen molar-refractivity contribution in [3.05, 3.63) is 65.7 Å². The topological polar surface area (TPSA) is 35.5 Å². The van der Waals surface area contributed by atoms with E-state index in [1.54, 1.807) is 42.5 Å². The number of benzene rings is 2. The van der Waals surface area contributed by atoms with Crippen LogP contribution in [-0.2, 0) is 0 Å². The van der Waals surface area contributed by atoms with Crippen LogP contribution in [0.3, 0.4) is 0 Å². The van der Waals surface area contributed by atoms with Crippen LogP contribution in [0.2, 0.25) is 0 Å². The molecule has 0 atom stereocenters. The first-order valence-electron chi connectivity index (χ1n) is 6.51. The van der Waals surface area contributed by atoms with Crippen molar-refractivity contribution in [2.45, 2.75) is 6.61 Å². The number of hydrogen-bond acceptors (Lipinski definition) is 3. The standard InChI is InChI=1S/C17H14F2O3/c1-21-15-9-5-8-13(16(15)22-17(18)19)10-11-14(20)12-6-3-2-4-7-12/h2-11,17H,1H3/b11-10+. The van der Waals surface area contributed by atoms with Crippen molar-refractivity contribution in [2.24, 2.45) is 0 Å². The lowest BCUT2D eigenvalue weighted by Gasteiger charge is -2.12. The van der Waals surface area contributed by atoms with E-state index in [-0.39, 0.29) is 17.3 Å². The highest BCUT2D eigenvalue weighted by Crippen LogP contribution is 2.33. The molecule has 0 heterocycles. The number of allylic oxidation sites excluding steroid dienone is 1. The molecule has 3 nitrogen and oxygen atoms in total. The summed E-state index contributed by atoms with van der Waals surface area (Å²) >= 11 is 0. The summed E-state index contributed by atoms with van der Waals surface area (Å²) in [6, 6.07) is 13.4. The number of alkyl halides is 2. The summed E-state index contributed by atoms with van der Waals surface area (Å²) in [6.45, 7) is -2.98. The monoisotopic (exact) mass is 304 g/mol. The van der Waals surface area contributed by atoms with E-state index in [0.29, 0.717) is 11.1 Å². The molecular formula is C17H14F2O3. The Kier molecular flexibility index (Phi) is 5.25. The second-order valence-electron chi connectivity index (χ2n) is 4.32. The Labute approximate surface area is 126 Å². The smallest absolute Gasteiger partial charge is 0.387 e. The van der Waals surface area contributed by atoms with Gasteiger partial charge in [0.1, 0.15) is 0 Å². The average Bonchev–Trinajstić information content (AvgIpc) is 2.53. The maximum absolute atomic E-state index is 12.5. The van der Waals surface area contributed by atoms with E-state index in [1.807, 2.05) is 0 Å². The van der Waals surface area contributed by atoms with Crippen molar-refractivity contribution in [3.63, 3.8) is 0 Å². The number of ketones is 1. The molecule has 22 heavy (non-hydrogen) atoms. The summed E-state index contributed by atoms with van der Waals surface area (Å²) in [5, 5.41) is 0. The molecule has 0 spiro atoms. The molecule has 0 bridgehead atoms. The van der Waals surface area contributed by atoms with Crippen molar-refractivity contribution < 1.29 is 23.0 Å². The molecule has 0 unspecified atom stereocenters. The van der Waals surface area contributed by atoms with Gasteiger partial charge < -0.3 is 9.47 Å². The van der Waals surface area contributed by atoms with E-state index in [9.17, 15) is 13.6 Å². The lowest BCUT2D eigenvalue weighted by molar-refractivity contribution is -0.0513. The van der Waals surface area contributed by atoms with E-state index < -0.39 is 6.61 Å². The number of halogens is 2. The number of carbonyl (C=O) groups is 1. The van der Waals surface area contributed by atoms with Crippen LogP contribution in [0.25, 0.3) is 6.08 Å². The minimum atomic E-state index is -2.98. The molecule has 2 aromatic rings. The number of methoxy groups -OCH3 is 1. The summed E-state index contributed by atoms with van der Waals surface area (Å²) in [6.07, 6.45) is 2.73. The fourth-order valence-electron chi connectivity index (χ4n) is 1.90. The zero-order valence-electron chi connectivity index (χ0n) is 11.8. The zero-order valence-corrected chi connectivity index (χ0v) is 11.8. The summed E-state index contributed by atoms with van der Waals surface area (Å²) < 4.78 is 34.5. The molecule has 0 saturated carbocycles. The van der Waals surface area contributed by atoms with Gasteiger partial charge in [0, 0.05) is 11.1 Å². The molecule has 0 fully saturated rings. The predicted octanol–water partition coefficient (Wildman–Crippen LogP) is 4.19. The lowest BCUT2D eigenvalue weighted by Crippen LogP contribution is -2.05. The van der Waals surface area contributed by atoms with Crippen LogP contribution >= 0.6 is 0 Å². The highest BCUT2D eigenvalue weighted by molar-refractivity contribution is 6.06. The molecule has 0 aliphatic heterocycles. The third-order valence-corrected chi connectivity index (χ3v) is 2.91. The largest absolute Gasteiger partial charge is 0.493 e. The van der Waals surface area contributed by atoms with Crippen LogP contribution in [0.4, 0.5) is 8.78 Å². The Morgan fingerprint density at radius 2 is 1.82 bits per heavy atom. The fraction of sp³-hybridized carbons (Fsp3) is 0.118. The van der Waals surface area contributed by atoms with Crippen LogP contribution in [0, 0.1) is 0 Å². The van der Waals surface area contributed by atoms with Gasteiger partial charge in [0.25, 0.3) is 0 Å². The van der Waals surface area contributed by atoms with Crippen molar-refractivity contribution in [1.29, 1.82) is 0 Å². The van der Waals surface area contributed by atoms with E-state index in [1.165, 1.54) is 25.3 Å². The molecule has 2 aromatic carbocycles. The van der Waals surface area contributed by atoms with Gasteiger partial charge in [-0.3, -0.25) is 4.79 Å². The number of rotatable bonds is 6. The third-order valence-electron chi connectivity index (χ3n) is 2.91. The van der Waals surface area contributed by atoms with Gasteiger partial charge in [-0.15, -0.1) is 0 Å². The first kappa shape index (κ1) is 15.7. The van der Waals surface area contributed by atoms with E-state index in [0.717, 1.165) is 0 Å². The van der Waals surface area contributed by atoms with Crippen molar-refractivity contribution in [2.75, 3.05) is 7.11 Å².